The largest absolute Gasteiger partial charge is 0.480 e. The van der Waals surface area contributed by atoms with Crippen LogP contribution in [0.3, 0.4) is 0 Å². The normalized spacial score (nSPS) is 9.64. The lowest BCUT2D eigenvalue weighted by molar-refractivity contribution is 0.195. The van der Waals surface area contributed by atoms with Crippen molar-refractivity contribution in [1.29, 1.82) is 10.5 Å². The van der Waals surface area contributed by atoms with Crippen molar-refractivity contribution < 1.29 is 14.6 Å². The van der Waals surface area contributed by atoms with Gasteiger partial charge in [-0.3, -0.25) is 0 Å². The third-order valence-corrected chi connectivity index (χ3v) is 2.94. The Morgan fingerprint density at radius 1 is 1.09 bits per heavy atom. The van der Waals surface area contributed by atoms with Gasteiger partial charge in [-0.15, -0.1) is 0 Å². The minimum absolute atomic E-state index is 0.00896. The molecule has 110 valence electrons. The lowest BCUT2D eigenvalue weighted by atomic mass is 9.97. The van der Waals surface area contributed by atoms with Crippen molar-refractivity contribution >= 4 is 0 Å². The first-order chi connectivity index (χ1) is 10.8. The number of nitriles is 2. The van der Waals surface area contributed by atoms with Crippen molar-refractivity contribution in [3.05, 3.63) is 41.5 Å². The van der Waals surface area contributed by atoms with Crippen molar-refractivity contribution in [3.8, 4) is 35.0 Å². The van der Waals surface area contributed by atoms with Crippen molar-refractivity contribution in [1.82, 2.24) is 4.98 Å². The van der Waals surface area contributed by atoms with Gasteiger partial charge in [-0.25, -0.2) is 0 Å². The van der Waals surface area contributed by atoms with Crippen LogP contribution >= 0.6 is 0 Å². The number of aromatic nitrogens is 1. The summed E-state index contributed by atoms with van der Waals surface area (Å²) in [5, 5.41) is 27.8. The van der Waals surface area contributed by atoms with E-state index in [0.29, 0.717) is 11.1 Å². The molecule has 0 saturated heterocycles. The molecule has 0 saturated carbocycles. The predicted octanol–water partition coefficient (Wildman–Crippen LogP) is 1.87. The number of methoxy groups -OCH3 is 1. The van der Waals surface area contributed by atoms with E-state index in [2.05, 4.69) is 4.98 Å². The smallest absolute Gasteiger partial charge is 0.235 e. The van der Waals surface area contributed by atoms with Crippen LogP contribution in [0.2, 0.25) is 0 Å². The Morgan fingerprint density at radius 3 is 2.27 bits per heavy atom. The fourth-order valence-corrected chi connectivity index (χ4v) is 2.04. The summed E-state index contributed by atoms with van der Waals surface area (Å²) in [7, 11) is 1.39. The third-order valence-electron chi connectivity index (χ3n) is 2.94. The molecule has 0 radical (unpaired) electrons. The molecular formula is C16H13N3O3. The van der Waals surface area contributed by atoms with E-state index in [1.807, 2.05) is 18.2 Å². The molecule has 0 aliphatic heterocycles. The molecule has 1 aromatic carbocycles. The number of pyridine rings is 1. The molecule has 0 aliphatic rings. The average Bonchev–Trinajstić information content (AvgIpc) is 2.58. The van der Waals surface area contributed by atoms with Crippen LogP contribution < -0.4 is 9.47 Å². The highest BCUT2D eigenvalue weighted by Gasteiger charge is 2.22. The summed E-state index contributed by atoms with van der Waals surface area (Å²) in [5.74, 6) is 0.111. The van der Waals surface area contributed by atoms with Crippen LogP contribution in [-0.4, -0.2) is 30.4 Å². The summed E-state index contributed by atoms with van der Waals surface area (Å²) >= 11 is 0. The number of ether oxygens (including phenoxy) is 2. The van der Waals surface area contributed by atoms with Gasteiger partial charge in [-0.2, -0.15) is 15.5 Å². The fraction of sp³-hybridized carbons (Fsp3) is 0.188. The Labute approximate surface area is 127 Å². The SMILES string of the molecule is COc1nc(OCCO)c(C#N)c(-c2ccccc2)c1C#N. The lowest BCUT2D eigenvalue weighted by Crippen LogP contribution is -2.08. The maximum Gasteiger partial charge on any atom is 0.235 e. The first-order valence-corrected chi connectivity index (χ1v) is 6.48. The van der Waals surface area contributed by atoms with Gasteiger partial charge >= 0.3 is 0 Å². The van der Waals surface area contributed by atoms with Crippen molar-refractivity contribution in [3.63, 3.8) is 0 Å². The molecule has 2 aromatic rings. The van der Waals surface area contributed by atoms with Crippen LogP contribution in [0.15, 0.2) is 30.3 Å². The Bertz CT molecular complexity index is 746. The summed E-state index contributed by atoms with van der Waals surface area (Å²) in [6, 6.07) is 13.1. The molecule has 6 heteroatoms. The molecule has 0 unspecified atom stereocenters. The lowest BCUT2D eigenvalue weighted by Gasteiger charge is -2.14. The van der Waals surface area contributed by atoms with Crippen LogP contribution in [0, 0.1) is 22.7 Å². The number of nitrogens with zero attached hydrogens (tertiary/aromatic N) is 3. The van der Waals surface area contributed by atoms with E-state index in [1.165, 1.54) is 7.11 Å². The highest BCUT2D eigenvalue weighted by atomic mass is 16.5. The summed E-state index contributed by atoms with van der Waals surface area (Å²) in [6.45, 7) is -0.222. The van der Waals surface area contributed by atoms with Gasteiger partial charge in [0.25, 0.3) is 0 Å². The van der Waals surface area contributed by atoms with Crippen molar-refractivity contribution in [2.45, 2.75) is 0 Å². The minimum atomic E-state index is -0.213. The Balaban J connectivity index is 2.77. The second-order valence-corrected chi connectivity index (χ2v) is 4.21. The van der Waals surface area contributed by atoms with Gasteiger partial charge in [0.15, 0.2) is 0 Å². The average molecular weight is 295 g/mol. The van der Waals surface area contributed by atoms with E-state index in [-0.39, 0.29) is 36.1 Å². The molecule has 1 aromatic heterocycles. The molecule has 0 spiro atoms. The van der Waals surface area contributed by atoms with E-state index >= 15 is 0 Å². The van der Waals surface area contributed by atoms with E-state index in [1.54, 1.807) is 24.3 Å². The minimum Gasteiger partial charge on any atom is -0.480 e. The summed E-state index contributed by atoms with van der Waals surface area (Å²) in [4.78, 5) is 4.06. The van der Waals surface area contributed by atoms with Crippen molar-refractivity contribution in [2.75, 3.05) is 20.3 Å². The van der Waals surface area contributed by atoms with Crippen LogP contribution in [0.1, 0.15) is 11.1 Å². The zero-order chi connectivity index (χ0) is 15.9. The van der Waals surface area contributed by atoms with Gasteiger partial charge in [-0.1, -0.05) is 30.3 Å². The summed E-state index contributed by atoms with van der Waals surface area (Å²) in [6.07, 6.45) is 0. The molecule has 0 fully saturated rings. The summed E-state index contributed by atoms with van der Waals surface area (Å²) < 4.78 is 10.4. The number of aliphatic hydroxyl groups is 1. The summed E-state index contributed by atoms with van der Waals surface area (Å²) in [5.41, 5.74) is 1.40. The fourth-order valence-electron chi connectivity index (χ4n) is 2.04. The maximum atomic E-state index is 9.46. The number of rotatable bonds is 5. The number of hydrogen-bond acceptors (Lipinski definition) is 6. The molecule has 1 N–H and O–H groups in total. The molecule has 0 atom stereocenters. The Kier molecular flexibility index (Phi) is 4.92. The number of hydrogen-bond donors (Lipinski definition) is 1. The van der Waals surface area contributed by atoms with Gasteiger partial charge in [-0.05, 0) is 5.56 Å². The standard InChI is InChI=1S/C16H13N3O3/c1-21-15-12(9-17)14(11-5-3-2-4-6-11)13(10-18)16(19-15)22-8-7-20/h2-6,20H,7-8H2,1H3. The Hall–Kier alpha value is -3.09. The van der Waals surface area contributed by atoms with Crippen LogP contribution in [0.5, 0.6) is 11.8 Å². The maximum absolute atomic E-state index is 9.46. The first kappa shape index (κ1) is 15.3. The zero-order valence-corrected chi connectivity index (χ0v) is 11.9. The quantitative estimate of drug-likeness (QED) is 0.904. The number of aliphatic hydroxyl groups excluding tert-OH is 1. The molecule has 22 heavy (non-hydrogen) atoms. The van der Waals surface area contributed by atoms with E-state index in [0.717, 1.165) is 0 Å². The molecule has 0 bridgehead atoms. The highest BCUT2D eigenvalue weighted by molar-refractivity contribution is 5.80. The molecule has 0 aliphatic carbocycles. The molecule has 0 amide bonds. The first-order valence-electron chi connectivity index (χ1n) is 6.48. The predicted molar refractivity (Wildman–Crippen MR) is 78.2 cm³/mol. The second kappa shape index (κ2) is 7.07. The molecule has 1 heterocycles. The topological polar surface area (TPSA) is 99.2 Å². The Morgan fingerprint density at radius 2 is 1.73 bits per heavy atom. The van der Waals surface area contributed by atoms with Gasteiger partial charge in [0.1, 0.15) is 29.9 Å². The second-order valence-electron chi connectivity index (χ2n) is 4.21. The molecule has 6 nitrogen and oxygen atoms in total. The highest BCUT2D eigenvalue weighted by Crippen LogP contribution is 2.36. The molecule has 2 rings (SSSR count). The van der Waals surface area contributed by atoms with Crippen LogP contribution in [-0.2, 0) is 0 Å². The van der Waals surface area contributed by atoms with Gasteiger partial charge in [0.2, 0.25) is 11.8 Å². The van der Waals surface area contributed by atoms with Crippen LogP contribution in [0.4, 0.5) is 0 Å². The monoisotopic (exact) mass is 295 g/mol. The van der Waals surface area contributed by atoms with Crippen molar-refractivity contribution in [2.24, 2.45) is 0 Å². The third kappa shape index (κ3) is 2.83. The van der Waals surface area contributed by atoms with Gasteiger partial charge in [0, 0.05) is 5.56 Å². The van der Waals surface area contributed by atoms with Gasteiger partial charge < -0.3 is 14.6 Å². The van der Waals surface area contributed by atoms with E-state index in [9.17, 15) is 10.5 Å². The molecular weight excluding hydrogens is 282 g/mol. The van der Waals surface area contributed by atoms with E-state index in [4.69, 9.17) is 14.6 Å². The van der Waals surface area contributed by atoms with Crippen LogP contribution in [0.25, 0.3) is 11.1 Å². The zero-order valence-electron chi connectivity index (χ0n) is 11.9. The van der Waals surface area contributed by atoms with Gasteiger partial charge in [0.05, 0.1) is 13.7 Å². The van der Waals surface area contributed by atoms with E-state index < -0.39 is 0 Å². The number of benzene rings is 1.